The van der Waals surface area contributed by atoms with E-state index in [2.05, 4.69) is 15.3 Å². The molecule has 0 radical (unpaired) electrons. The quantitative estimate of drug-likeness (QED) is 0.462. The van der Waals surface area contributed by atoms with E-state index in [1.54, 1.807) is 0 Å². The zero-order chi connectivity index (χ0) is 19.1. The third-order valence-electron chi connectivity index (χ3n) is 3.13. The van der Waals surface area contributed by atoms with Crippen molar-refractivity contribution in [2.45, 2.75) is 6.61 Å². The fraction of sp³-hybridized carbons (Fsp3) is 0.125. The van der Waals surface area contributed by atoms with Gasteiger partial charge in [-0.25, -0.2) is 5.43 Å². The maximum atomic E-state index is 12.5. The summed E-state index contributed by atoms with van der Waals surface area (Å²) in [6.45, 7) is -3.07. The summed E-state index contributed by atoms with van der Waals surface area (Å²) in [6, 6.07) is 9.44. The SMILES string of the molecule is COc1cccc(/C=N\NC(=O)c2cccc([N+](=O)[O-])c2)c1OC(F)F. The third-order valence-corrected chi connectivity index (χ3v) is 3.13. The maximum Gasteiger partial charge on any atom is 0.387 e. The van der Waals surface area contributed by atoms with Crippen molar-refractivity contribution in [3.05, 3.63) is 63.7 Å². The lowest BCUT2D eigenvalue weighted by Gasteiger charge is -2.11. The summed E-state index contributed by atoms with van der Waals surface area (Å²) in [5.74, 6) is -0.873. The number of nitrogens with zero attached hydrogens (tertiary/aromatic N) is 2. The highest BCUT2D eigenvalue weighted by atomic mass is 19.3. The van der Waals surface area contributed by atoms with E-state index in [1.165, 1.54) is 43.5 Å². The predicted octanol–water partition coefficient (Wildman–Crippen LogP) is 2.97. The Morgan fingerprint density at radius 2 is 2.04 bits per heavy atom. The summed E-state index contributed by atoms with van der Waals surface area (Å²) in [6.07, 6.45) is 1.09. The van der Waals surface area contributed by atoms with E-state index in [0.29, 0.717) is 0 Å². The zero-order valence-corrected chi connectivity index (χ0v) is 13.4. The van der Waals surface area contributed by atoms with Gasteiger partial charge in [0.1, 0.15) is 0 Å². The number of rotatable bonds is 7. The van der Waals surface area contributed by atoms with Gasteiger partial charge in [-0.2, -0.15) is 13.9 Å². The average Bonchev–Trinajstić information content (AvgIpc) is 2.62. The van der Waals surface area contributed by atoms with Gasteiger partial charge in [-0.15, -0.1) is 0 Å². The number of non-ortho nitro benzene ring substituents is 1. The molecule has 0 saturated heterocycles. The Labute approximate surface area is 146 Å². The molecule has 0 aromatic heterocycles. The number of methoxy groups -OCH3 is 1. The van der Waals surface area contributed by atoms with Crippen LogP contribution in [0.2, 0.25) is 0 Å². The highest BCUT2D eigenvalue weighted by Crippen LogP contribution is 2.31. The van der Waals surface area contributed by atoms with Crippen molar-refractivity contribution < 1.29 is 28.0 Å². The fourth-order valence-corrected chi connectivity index (χ4v) is 2.00. The number of nitro groups is 1. The van der Waals surface area contributed by atoms with Gasteiger partial charge in [-0.3, -0.25) is 14.9 Å². The van der Waals surface area contributed by atoms with Crippen LogP contribution in [0.15, 0.2) is 47.6 Å². The molecule has 0 saturated carbocycles. The largest absolute Gasteiger partial charge is 0.493 e. The molecule has 8 nitrogen and oxygen atoms in total. The van der Waals surface area contributed by atoms with E-state index in [1.807, 2.05) is 0 Å². The first-order chi connectivity index (χ1) is 12.4. The molecule has 0 spiro atoms. The van der Waals surface area contributed by atoms with Gasteiger partial charge in [0.25, 0.3) is 11.6 Å². The highest BCUT2D eigenvalue weighted by molar-refractivity contribution is 5.95. The Balaban J connectivity index is 2.16. The molecular weight excluding hydrogens is 352 g/mol. The van der Waals surface area contributed by atoms with Gasteiger partial charge in [-0.05, 0) is 18.2 Å². The second-order valence-corrected chi connectivity index (χ2v) is 4.76. The van der Waals surface area contributed by atoms with Crippen LogP contribution in [0.1, 0.15) is 15.9 Å². The van der Waals surface area contributed by atoms with Crippen LogP contribution < -0.4 is 14.9 Å². The number of ether oxygens (including phenoxy) is 2. The first-order valence-corrected chi connectivity index (χ1v) is 7.12. The number of carbonyl (C=O) groups is 1. The number of hydrazone groups is 1. The second kappa shape index (κ2) is 8.51. The Bertz CT molecular complexity index is 842. The monoisotopic (exact) mass is 365 g/mol. The summed E-state index contributed by atoms with van der Waals surface area (Å²) in [5, 5.41) is 14.4. The molecule has 2 aromatic rings. The van der Waals surface area contributed by atoms with Crippen molar-refractivity contribution in [1.82, 2.24) is 5.43 Å². The number of nitrogens with one attached hydrogen (secondary N) is 1. The second-order valence-electron chi connectivity index (χ2n) is 4.76. The van der Waals surface area contributed by atoms with Crippen molar-refractivity contribution >= 4 is 17.8 Å². The highest BCUT2D eigenvalue weighted by Gasteiger charge is 2.15. The molecule has 10 heteroatoms. The fourth-order valence-electron chi connectivity index (χ4n) is 2.00. The number of carbonyl (C=O) groups excluding carboxylic acids is 1. The van der Waals surface area contributed by atoms with Gasteiger partial charge >= 0.3 is 6.61 Å². The van der Waals surface area contributed by atoms with E-state index in [4.69, 9.17) is 4.74 Å². The van der Waals surface area contributed by atoms with E-state index >= 15 is 0 Å². The lowest BCUT2D eigenvalue weighted by atomic mass is 10.2. The molecule has 1 amide bonds. The van der Waals surface area contributed by atoms with Crippen LogP contribution in [0.4, 0.5) is 14.5 Å². The van der Waals surface area contributed by atoms with Crippen LogP contribution in [0.5, 0.6) is 11.5 Å². The number of para-hydroxylation sites is 1. The van der Waals surface area contributed by atoms with Crippen LogP contribution >= 0.6 is 0 Å². The lowest BCUT2D eigenvalue weighted by Crippen LogP contribution is -2.17. The van der Waals surface area contributed by atoms with Gasteiger partial charge in [0.15, 0.2) is 11.5 Å². The minimum absolute atomic E-state index is 0.0195. The Kier molecular flexibility index (Phi) is 6.15. The first-order valence-electron chi connectivity index (χ1n) is 7.12. The summed E-state index contributed by atoms with van der Waals surface area (Å²) < 4.78 is 34.5. The van der Waals surface area contributed by atoms with Crippen LogP contribution in [0.3, 0.4) is 0 Å². The van der Waals surface area contributed by atoms with Crippen molar-refractivity contribution in [3.8, 4) is 11.5 Å². The predicted molar refractivity (Wildman–Crippen MR) is 87.8 cm³/mol. The molecule has 0 bridgehead atoms. The molecule has 0 unspecified atom stereocenters. The van der Waals surface area contributed by atoms with E-state index in [0.717, 1.165) is 12.3 Å². The molecule has 0 heterocycles. The van der Waals surface area contributed by atoms with E-state index < -0.39 is 17.4 Å². The molecule has 2 rings (SSSR count). The average molecular weight is 365 g/mol. The molecule has 0 aliphatic carbocycles. The Morgan fingerprint density at radius 3 is 2.69 bits per heavy atom. The standard InChI is InChI=1S/C16H13F2N3O5/c1-25-13-7-3-5-11(14(13)26-16(17)18)9-19-20-15(22)10-4-2-6-12(8-10)21(23)24/h2-9,16H,1H3,(H,20,22)/b19-9-. The number of nitro benzene ring substituents is 1. The molecule has 136 valence electrons. The number of halogens is 2. The zero-order valence-electron chi connectivity index (χ0n) is 13.4. The molecule has 0 fully saturated rings. The van der Waals surface area contributed by atoms with Crippen molar-refractivity contribution in [1.29, 1.82) is 0 Å². The van der Waals surface area contributed by atoms with Gasteiger partial charge in [0.2, 0.25) is 0 Å². The van der Waals surface area contributed by atoms with Gasteiger partial charge in [0.05, 0.1) is 18.2 Å². The van der Waals surface area contributed by atoms with Crippen molar-refractivity contribution in [3.63, 3.8) is 0 Å². The molecule has 1 N–H and O–H groups in total. The van der Waals surface area contributed by atoms with Gasteiger partial charge in [-0.1, -0.05) is 12.1 Å². The Hall–Kier alpha value is -3.56. The summed E-state index contributed by atoms with van der Waals surface area (Å²) in [4.78, 5) is 22.1. The topological polar surface area (TPSA) is 103 Å². The van der Waals surface area contributed by atoms with Gasteiger partial charge < -0.3 is 9.47 Å². The molecule has 2 aromatic carbocycles. The van der Waals surface area contributed by atoms with Crippen LogP contribution in [-0.2, 0) is 0 Å². The van der Waals surface area contributed by atoms with E-state index in [-0.39, 0.29) is 28.3 Å². The first kappa shape index (κ1) is 18.8. The third kappa shape index (κ3) is 4.72. The number of hydrogen-bond acceptors (Lipinski definition) is 6. The summed E-state index contributed by atoms with van der Waals surface area (Å²) in [7, 11) is 1.29. The Morgan fingerprint density at radius 1 is 1.31 bits per heavy atom. The van der Waals surface area contributed by atoms with Crippen LogP contribution in [0.25, 0.3) is 0 Å². The van der Waals surface area contributed by atoms with Crippen LogP contribution in [0, 0.1) is 10.1 Å². The minimum atomic E-state index is -3.07. The molecule has 0 aliphatic heterocycles. The number of amides is 1. The summed E-state index contributed by atoms with van der Waals surface area (Å²) in [5.41, 5.74) is 2.07. The molecular formula is C16H13F2N3O5. The number of hydrogen-bond donors (Lipinski definition) is 1. The van der Waals surface area contributed by atoms with Crippen molar-refractivity contribution in [2.75, 3.05) is 7.11 Å². The summed E-state index contributed by atoms with van der Waals surface area (Å²) >= 11 is 0. The smallest absolute Gasteiger partial charge is 0.387 e. The normalized spacial score (nSPS) is 10.8. The lowest BCUT2D eigenvalue weighted by molar-refractivity contribution is -0.384. The number of alkyl halides is 2. The minimum Gasteiger partial charge on any atom is -0.493 e. The van der Waals surface area contributed by atoms with Crippen molar-refractivity contribution in [2.24, 2.45) is 5.10 Å². The van der Waals surface area contributed by atoms with E-state index in [9.17, 15) is 23.7 Å². The van der Waals surface area contributed by atoms with Gasteiger partial charge in [0, 0.05) is 23.3 Å². The molecule has 26 heavy (non-hydrogen) atoms. The molecule has 0 atom stereocenters. The van der Waals surface area contributed by atoms with Crippen LogP contribution in [-0.4, -0.2) is 30.8 Å². The number of benzene rings is 2. The molecule has 0 aliphatic rings. The maximum absolute atomic E-state index is 12.5.